The third kappa shape index (κ3) is 3.10. The Morgan fingerprint density at radius 2 is 2.08 bits per heavy atom. The first-order chi connectivity index (χ1) is 12.0. The zero-order valence-corrected chi connectivity index (χ0v) is 14.6. The van der Waals surface area contributed by atoms with E-state index in [1.807, 2.05) is 31.2 Å². The van der Waals surface area contributed by atoms with Crippen molar-refractivity contribution in [2.45, 2.75) is 19.9 Å². The predicted octanol–water partition coefficient (Wildman–Crippen LogP) is 2.20. The standard InChI is InChI=1S/C17H20N6O2/c1-11-15(13-7-5-6-8-14(13)25-4)16(22(3)21-11)20-17(24)12(2)23-10-18-9-19-23/h5-10,12H,1-4H3,(H,20,24). The van der Waals surface area contributed by atoms with Gasteiger partial charge in [0.05, 0.1) is 18.4 Å². The molecular formula is C17H20N6O2. The molecule has 0 spiro atoms. The molecule has 8 nitrogen and oxygen atoms in total. The first-order valence-corrected chi connectivity index (χ1v) is 7.85. The zero-order valence-electron chi connectivity index (χ0n) is 14.6. The van der Waals surface area contributed by atoms with E-state index in [0.29, 0.717) is 5.82 Å². The van der Waals surface area contributed by atoms with Crippen LogP contribution in [0, 0.1) is 6.92 Å². The van der Waals surface area contributed by atoms with Crippen molar-refractivity contribution in [3.05, 3.63) is 42.6 Å². The second-order valence-corrected chi connectivity index (χ2v) is 5.67. The first-order valence-electron chi connectivity index (χ1n) is 7.85. The molecule has 3 rings (SSSR count). The van der Waals surface area contributed by atoms with E-state index in [2.05, 4.69) is 20.5 Å². The first kappa shape index (κ1) is 16.7. The second-order valence-electron chi connectivity index (χ2n) is 5.67. The van der Waals surface area contributed by atoms with Gasteiger partial charge in [-0.3, -0.25) is 9.48 Å². The Morgan fingerprint density at radius 3 is 2.76 bits per heavy atom. The van der Waals surface area contributed by atoms with Gasteiger partial charge in [0.1, 0.15) is 30.3 Å². The van der Waals surface area contributed by atoms with Crippen LogP contribution in [0.4, 0.5) is 5.82 Å². The van der Waals surface area contributed by atoms with Crippen LogP contribution in [0.3, 0.4) is 0 Å². The van der Waals surface area contributed by atoms with E-state index in [1.165, 1.54) is 17.3 Å². The van der Waals surface area contributed by atoms with Gasteiger partial charge in [0.2, 0.25) is 5.91 Å². The van der Waals surface area contributed by atoms with Crippen molar-refractivity contribution in [3.63, 3.8) is 0 Å². The summed E-state index contributed by atoms with van der Waals surface area (Å²) in [5.41, 5.74) is 2.51. The number of carbonyl (C=O) groups is 1. The lowest BCUT2D eigenvalue weighted by atomic mass is 10.0. The van der Waals surface area contributed by atoms with Gasteiger partial charge in [0.25, 0.3) is 0 Å². The van der Waals surface area contributed by atoms with Crippen molar-refractivity contribution >= 4 is 11.7 Å². The van der Waals surface area contributed by atoms with Crippen LogP contribution in [0.25, 0.3) is 11.1 Å². The molecule has 0 saturated carbocycles. The van der Waals surface area contributed by atoms with Gasteiger partial charge in [-0.05, 0) is 19.9 Å². The smallest absolute Gasteiger partial charge is 0.250 e. The Bertz CT molecular complexity index is 885. The lowest BCUT2D eigenvalue weighted by Crippen LogP contribution is -2.25. The highest BCUT2D eigenvalue weighted by Gasteiger charge is 2.23. The zero-order chi connectivity index (χ0) is 18.0. The van der Waals surface area contributed by atoms with Gasteiger partial charge in [0, 0.05) is 12.6 Å². The molecule has 1 aromatic carbocycles. The van der Waals surface area contributed by atoms with Crippen molar-refractivity contribution in [1.29, 1.82) is 0 Å². The highest BCUT2D eigenvalue weighted by atomic mass is 16.5. The van der Waals surface area contributed by atoms with E-state index in [0.717, 1.165) is 22.6 Å². The summed E-state index contributed by atoms with van der Waals surface area (Å²) in [6, 6.07) is 7.15. The third-order valence-corrected chi connectivity index (χ3v) is 4.05. The van der Waals surface area contributed by atoms with Crippen LogP contribution in [-0.4, -0.2) is 37.6 Å². The number of para-hydroxylation sites is 1. The van der Waals surface area contributed by atoms with Crippen molar-refractivity contribution in [2.24, 2.45) is 7.05 Å². The average Bonchev–Trinajstić information content (AvgIpc) is 3.23. The Kier molecular flexibility index (Phi) is 4.51. The molecule has 130 valence electrons. The molecule has 2 aromatic heterocycles. The molecular weight excluding hydrogens is 320 g/mol. The molecule has 25 heavy (non-hydrogen) atoms. The molecule has 1 N–H and O–H groups in total. The van der Waals surface area contributed by atoms with Gasteiger partial charge in [-0.1, -0.05) is 18.2 Å². The number of nitrogens with zero attached hydrogens (tertiary/aromatic N) is 5. The Labute approximate surface area is 145 Å². The summed E-state index contributed by atoms with van der Waals surface area (Å²) in [6.45, 7) is 3.66. The van der Waals surface area contributed by atoms with E-state index < -0.39 is 6.04 Å². The van der Waals surface area contributed by atoms with Crippen LogP contribution in [0.15, 0.2) is 36.9 Å². The largest absolute Gasteiger partial charge is 0.496 e. The summed E-state index contributed by atoms with van der Waals surface area (Å²) < 4.78 is 8.62. The van der Waals surface area contributed by atoms with Gasteiger partial charge in [0.15, 0.2) is 0 Å². The minimum atomic E-state index is -0.497. The van der Waals surface area contributed by atoms with E-state index in [4.69, 9.17) is 4.74 Å². The molecule has 2 heterocycles. The van der Waals surface area contributed by atoms with E-state index >= 15 is 0 Å². The molecule has 0 aliphatic heterocycles. The van der Waals surface area contributed by atoms with Crippen molar-refractivity contribution in [2.75, 3.05) is 12.4 Å². The molecule has 1 unspecified atom stereocenters. The highest BCUT2D eigenvalue weighted by Crippen LogP contribution is 2.37. The number of aryl methyl sites for hydroxylation is 2. The Balaban J connectivity index is 1.99. The van der Waals surface area contributed by atoms with Crippen LogP contribution in [0.2, 0.25) is 0 Å². The lowest BCUT2D eigenvalue weighted by Gasteiger charge is -2.15. The van der Waals surface area contributed by atoms with Crippen molar-refractivity contribution in [3.8, 4) is 16.9 Å². The second kappa shape index (κ2) is 6.76. The number of hydrogen-bond donors (Lipinski definition) is 1. The fraction of sp³-hybridized carbons (Fsp3) is 0.294. The van der Waals surface area contributed by atoms with E-state index in [-0.39, 0.29) is 5.91 Å². The average molecular weight is 340 g/mol. The maximum absolute atomic E-state index is 12.6. The molecule has 0 fully saturated rings. The van der Waals surface area contributed by atoms with Gasteiger partial charge in [-0.15, -0.1) is 0 Å². The normalized spacial score (nSPS) is 12.0. The summed E-state index contributed by atoms with van der Waals surface area (Å²) in [5, 5.41) is 11.4. The summed E-state index contributed by atoms with van der Waals surface area (Å²) in [4.78, 5) is 16.5. The van der Waals surface area contributed by atoms with E-state index in [1.54, 1.807) is 25.8 Å². The fourth-order valence-electron chi connectivity index (χ4n) is 2.73. The maximum Gasteiger partial charge on any atom is 0.250 e. The number of benzene rings is 1. The monoisotopic (exact) mass is 340 g/mol. The van der Waals surface area contributed by atoms with Crippen LogP contribution in [-0.2, 0) is 11.8 Å². The van der Waals surface area contributed by atoms with Gasteiger partial charge < -0.3 is 10.1 Å². The van der Waals surface area contributed by atoms with Gasteiger partial charge in [-0.2, -0.15) is 10.2 Å². The number of carbonyl (C=O) groups excluding carboxylic acids is 1. The van der Waals surface area contributed by atoms with Crippen LogP contribution >= 0.6 is 0 Å². The number of rotatable bonds is 5. The summed E-state index contributed by atoms with van der Waals surface area (Å²) in [7, 11) is 3.41. The topological polar surface area (TPSA) is 86.9 Å². The number of amides is 1. The predicted molar refractivity (Wildman–Crippen MR) is 93.3 cm³/mol. The number of anilines is 1. The SMILES string of the molecule is COc1ccccc1-c1c(C)nn(C)c1NC(=O)C(C)n1cncn1. The molecule has 0 aliphatic rings. The Hall–Kier alpha value is -3.16. The maximum atomic E-state index is 12.6. The molecule has 0 radical (unpaired) electrons. The van der Waals surface area contributed by atoms with Gasteiger partial charge >= 0.3 is 0 Å². The molecule has 3 aromatic rings. The number of aromatic nitrogens is 5. The van der Waals surface area contributed by atoms with Crippen LogP contribution < -0.4 is 10.1 Å². The summed E-state index contributed by atoms with van der Waals surface area (Å²) in [6.07, 6.45) is 2.91. The van der Waals surface area contributed by atoms with Crippen LogP contribution in [0.1, 0.15) is 18.7 Å². The van der Waals surface area contributed by atoms with E-state index in [9.17, 15) is 4.79 Å². The highest BCUT2D eigenvalue weighted by molar-refractivity contribution is 5.97. The molecule has 8 heteroatoms. The minimum absolute atomic E-state index is 0.204. The summed E-state index contributed by atoms with van der Waals surface area (Å²) >= 11 is 0. The third-order valence-electron chi connectivity index (χ3n) is 4.05. The quantitative estimate of drug-likeness (QED) is 0.769. The molecule has 0 bridgehead atoms. The van der Waals surface area contributed by atoms with Crippen molar-refractivity contribution < 1.29 is 9.53 Å². The number of nitrogens with one attached hydrogen (secondary N) is 1. The molecule has 0 aliphatic carbocycles. The van der Waals surface area contributed by atoms with Crippen molar-refractivity contribution in [1.82, 2.24) is 24.5 Å². The number of ether oxygens (including phenoxy) is 1. The molecule has 1 amide bonds. The molecule has 0 saturated heterocycles. The number of methoxy groups -OCH3 is 1. The number of hydrogen-bond acceptors (Lipinski definition) is 5. The van der Waals surface area contributed by atoms with Crippen LogP contribution in [0.5, 0.6) is 5.75 Å². The van der Waals surface area contributed by atoms with Gasteiger partial charge in [-0.25, -0.2) is 9.67 Å². The summed E-state index contributed by atoms with van der Waals surface area (Å²) in [5.74, 6) is 1.13. The Morgan fingerprint density at radius 1 is 1.32 bits per heavy atom. The molecule has 1 atom stereocenters. The lowest BCUT2D eigenvalue weighted by molar-refractivity contribution is -0.119. The fourth-order valence-corrected chi connectivity index (χ4v) is 2.73. The minimum Gasteiger partial charge on any atom is -0.496 e.